The number of rotatable bonds is 7. The van der Waals surface area contributed by atoms with Crippen molar-refractivity contribution < 1.29 is 18.7 Å². The number of ketones is 1. The van der Waals surface area contributed by atoms with Gasteiger partial charge in [0.25, 0.3) is 0 Å². The van der Waals surface area contributed by atoms with Gasteiger partial charge in [0.2, 0.25) is 5.91 Å². The van der Waals surface area contributed by atoms with Gasteiger partial charge in [0.15, 0.2) is 5.78 Å². The van der Waals surface area contributed by atoms with Gasteiger partial charge in [-0.15, -0.1) is 0 Å². The van der Waals surface area contributed by atoms with Crippen LogP contribution in [-0.2, 0) is 11.3 Å². The first-order chi connectivity index (χ1) is 13.9. The number of benzene rings is 2. The summed E-state index contributed by atoms with van der Waals surface area (Å²) in [6, 6.07) is 15.1. The number of carbonyl (C=O) groups excluding carboxylic acids is 2. The molecule has 0 saturated heterocycles. The number of Topliss-reactive ketones (excluding diaryl/α,β-unsaturated/α-hetero) is 1. The molecule has 1 N–H and O–H groups in total. The molecule has 0 saturated carbocycles. The highest BCUT2D eigenvalue weighted by molar-refractivity contribution is 5.97. The Morgan fingerprint density at radius 3 is 2.31 bits per heavy atom. The van der Waals surface area contributed by atoms with Crippen molar-refractivity contribution in [2.45, 2.75) is 26.8 Å². The van der Waals surface area contributed by atoms with Crippen LogP contribution in [0.5, 0.6) is 5.75 Å². The number of anilines is 1. The Labute approximate surface area is 169 Å². The Kier molecular flexibility index (Phi) is 6.12. The first kappa shape index (κ1) is 20.3. The van der Waals surface area contributed by atoms with E-state index in [2.05, 4.69) is 5.32 Å². The second kappa shape index (κ2) is 8.73. The van der Waals surface area contributed by atoms with Crippen molar-refractivity contribution in [3.8, 4) is 17.0 Å². The van der Waals surface area contributed by atoms with Crippen molar-refractivity contribution in [1.82, 2.24) is 4.57 Å². The molecule has 0 aliphatic carbocycles. The number of hydrogen-bond acceptors (Lipinski definition) is 3. The molecule has 0 spiro atoms. The standard InChI is InChI=1S/C23H23FN2O3/c1-15-21(16(2)27)14-22(17-4-10-20(29-3)11-5-17)26(15)13-12-23(28)25-19-8-6-18(24)7-9-19/h4-11,14H,12-13H2,1-3H3,(H,25,28). The molecule has 1 aromatic heterocycles. The highest BCUT2D eigenvalue weighted by Crippen LogP contribution is 2.28. The molecule has 0 aliphatic heterocycles. The molecule has 5 nitrogen and oxygen atoms in total. The SMILES string of the molecule is COc1ccc(-c2cc(C(C)=O)c(C)n2CCC(=O)Nc2ccc(F)cc2)cc1. The molecular formula is C23H23FN2O3. The number of carbonyl (C=O) groups is 2. The molecule has 0 fully saturated rings. The number of nitrogens with zero attached hydrogens (tertiary/aromatic N) is 1. The molecule has 0 bridgehead atoms. The van der Waals surface area contributed by atoms with Crippen LogP contribution in [0.4, 0.5) is 10.1 Å². The van der Waals surface area contributed by atoms with Crippen LogP contribution in [0.3, 0.4) is 0 Å². The van der Waals surface area contributed by atoms with Gasteiger partial charge in [-0.1, -0.05) is 0 Å². The second-order valence-corrected chi connectivity index (χ2v) is 6.77. The zero-order valence-electron chi connectivity index (χ0n) is 16.7. The Hall–Kier alpha value is -3.41. The van der Waals surface area contributed by atoms with Gasteiger partial charge in [-0.05, 0) is 74.0 Å². The van der Waals surface area contributed by atoms with Crippen molar-refractivity contribution in [2.24, 2.45) is 0 Å². The van der Waals surface area contributed by atoms with Crippen molar-refractivity contribution in [3.05, 3.63) is 71.7 Å². The van der Waals surface area contributed by atoms with Crippen LogP contribution in [-0.4, -0.2) is 23.4 Å². The Morgan fingerprint density at radius 1 is 1.07 bits per heavy atom. The van der Waals surface area contributed by atoms with Crippen LogP contribution < -0.4 is 10.1 Å². The molecule has 0 unspecified atom stereocenters. The number of aromatic nitrogens is 1. The average Bonchev–Trinajstić information content (AvgIpc) is 3.05. The number of methoxy groups -OCH3 is 1. The molecule has 1 heterocycles. The van der Waals surface area contributed by atoms with E-state index in [-0.39, 0.29) is 23.9 Å². The molecule has 1 amide bonds. The van der Waals surface area contributed by atoms with Crippen LogP contribution in [0.2, 0.25) is 0 Å². The van der Waals surface area contributed by atoms with Crippen molar-refractivity contribution >= 4 is 17.4 Å². The minimum Gasteiger partial charge on any atom is -0.497 e. The lowest BCUT2D eigenvalue weighted by molar-refractivity contribution is -0.116. The fraction of sp³-hybridized carbons (Fsp3) is 0.217. The zero-order chi connectivity index (χ0) is 21.0. The molecule has 3 aromatic rings. The summed E-state index contributed by atoms with van der Waals surface area (Å²) in [5.74, 6) is 0.183. The van der Waals surface area contributed by atoms with Gasteiger partial charge < -0.3 is 14.6 Å². The molecule has 150 valence electrons. The van der Waals surface area contributed by atoms with Crippen LogP contribution in [0.1, 0.15) is 29.4 Å². The van der Waals surface area contributed by atoms with Gasteiger partial charge >= 0.3 is 0 Å². The van der Waals surface area contributed by atoms with E-state index in [4.69, 9.17) is 4.74 Å². The van der Waals surface area contributed by atoms with E-state index >= 15 is 0 Å². The van der Waals surface area contributed by atoms with E-state index < -0.39 is 0 Å². The van der Waals surface area contributed by atoms with Crippen molar-refractivity contribution in [3.63, 3.8) is 0 Å². The lowest BCUT2D eigenvalue weighted by Crippen LogP contribution is -2.15. The van der Waals surface area contributed by atoms with E-state index in [1.165, 1.54) is 31.2 Å². The summed E-state index contributed by atoms with van der Waals surface area (Å²) in [4.78, 5) is 24.4. The topological polar surface area (TPSA) is 60.3 Å². The summed E-state index contributed by atoms with van der Waals surface area (Å²) >= 11 is 0. The monoisotopic (exact) mass is 394 g/mol. The first-order valence-corrected chi connectivity index (χ1v) is 9.30. The smallest absolute Gasteiger partial charge is 0.226 e. The molecule has 29 heavy (non-hydrogen) atoms. The lowest BCUT2D eigenvalue weighted by Gasteiger charge is -2.13. The maximum absolute atomic E-state index is 13.0. The van der Waals surface area contributed by atoms with Crippen LogP contribution in [0.25, 0.3) is 11.3 Å². The van der Waals surface area contributed by atoms with E-state index in [0.717, 1.165) is 22.7 Å². The van der Waals surface area contributed by atoms with Crippen molar-refractivity contribution in [1.29, 1.82) is 0 Å². The molecule has 6 heteroatoms. The summed E-state index contributed by atoms with van der Waals surface area (Å²) in [5, 5.41) is 2.76. The summed E-state index contributed by atoms with van der Waals surface area (Å²) in [7, 11) is 1.61. The van der Waals surface area contributed by atoms with Crippen LogP contribution in [0.15, 0.2) is 54.6 Å². The van der Waals surface area contributed by atoms with Gasteiger partial charge in [-0.3, -0.25) is 9.59 Å². The number of amides is 1. The number of hydrogen-bond donors (Lipinski definition) is 1. The largest absolute Gasteiger partial charge is 0.497 e. The van der Waals surface area contributed by atoms with Gasteiger partial charge in [0.05, 0.1) is 7.11 Å². The molecule has 0 aliphatic rings. The first-order valence-electron chi connectivity index (χ1n) is 9.30. The maximum Gasteiger partial charge on any atom is 0.226 e. The third kappa shape index (κ3) is 4.71. The second-order valence-electron chi connectivity index (χ2n) is 6.77. The molecule has 0 atom stereocenters. The summed E-state index contributed by atoms with van der Waals surface area (Å²) < 4.78 is 20.2. The Bertz CT molecular complexity index is 1020. The predicted molar refractivity (Wildman–Crippen MR) is 111 cm³/mol. The molecule has 3 rings (SSSR count). The van der Waals surface area contributed by atoms with Gasteiger partial charge in [0.1, 0.15) is 11.6 Å². The number of ether oxygens (including phenoxy) is 1. The highest BCUT2D eigenvalue weighted by Gasteiger charge is 2.17. The fourth-order valence-corrected chi connectivity index (χ4v) is 3.26. The lowest BCUT2D eigenvalue weighted by atomic mass is 10.1. The van der Waals surface area contributed by atoms with E-state index in [9.17, 15) is 14.0 Å². The summed E-state index contributed by atoms with van der Waals surface area (Å²) in [5.41, 5.74) is 3.79. The highest BCUT2D eigenvalue weighted by atomic mass is 19.1. The number of halogens is 1. The van der Waals surface area contributed by atoms with Crippen LogP contribution >= 0.6 is 0 Å². The van der Waals surface area contributed by atoms with E-state index in [1.54, 1.807) is 7.11 Å². The summed E-state index contributed by atoms with van der Waals surface area (Å²) in [6.07, 6.45) is 0.216. The maximum atomic E-state index is 13.0. The third-order valence-electron chi connectivity index (χ3n) is 4.82. The van der Waals surface area contributed by atoms with Crippen molar-refractivity contribution in [2.75, 3.05) is 12.4 Å². The molecule has 2 aromatic carbocycles. The normalized spacial score (nSPS) is 10.6. The van der Waals surface area contributed by atoms with Gasteiger partial charge in [-0.2, -0.15) is 0 Å². The van der Waals surface area contributed by atoms with E-state index in [0.29, 0.717) is 17.8 Å². The molecule has 0 radical (unpaired) electrons. The van der Waals surface area contributed by atoms with Gasteiger partial charge in [-0.25, -0.2) is 4.39 Å². The van der Waals surface area contributed by atoms with Crippen LogP contribution in [0, 0.1) is 12.7 Å². The van der Waals surface area contributed by atoms with Gasteiger partial charge in [0, 0.05) is 35.6 Å². The Morgan fingerprint density at radius 2 is 1.72 bits per heavy atom. The fourth-order valence-electron chi connectivity index (χ4n) is 3.26. The zero-order valence-corrected chi connectivity index (χ0v) is 16.7. The molecular weight excluding hydrogens is 371 g/mol. The summed E-state index contributed by atoms with van der Waals surface area (Å²) in [6.45, 7) is 3.82. The average molecular weight is 394 g/mol. The minimum absolute atomic E-state index is 0.0215. The Balaban J connectivity index is 1.82. The predicted octanol–water partition coefficient (Wildman–Crippen LogP) is 4.84. The quantitative estimate of drug-likeness (QED) is 0.583. The number of nitrogens with one attached hydrogen (secondary N) is 1. The minimum atomic E-state index is -0.355. The van der Waals surface area contributed by atoms with E-state index in [1.807, 2.05) is 41.8 Å². The third-order valence-corrected chi connectivity index (χ3v) is 4.82.